The van der Waals surface area contributed by atoms with Gasteiger partial charge in [0.1, 0.15) is 5.75 Å². The molecule has 0 aliphatic heterocycles. The summed E-state index contributed by atoms with van der Waals surface area (Å²) in [6, 6.07) is 12.5. The molecule has 0 aliphatic rings. The van der Waals surface area contributed by atoms with Crippen LogP contribution < -0.4 is 15.4 Å². The highest BCUT2D eigenvalue weighted by Gasteiger charge is 2.06. The second kappa shape index (κ2) is 11.1. The summed E-state index contributed by atoms with van der Waals surface area (Å²) in [6.07, 6.45) is 2.81. The number of aliphatic imine (C=N–C) groups is 1. The summed E-state index contributed by atoms with van der Waals surface area (Å²) in [5.74, 6) is 1.57. The van der Waals surface area contributed by atoms with Gasteiger partial charge in [0.15, 0.2) is 15.8 Å². The number of aryl methyl sites for hydroxylation is 1. The van der Waals surface area contributed by atoms with Gasteiger partial charge in [0.2, 0.25) is 0 Å². The van der Waals surface area contributed by atoms with E-state index in [2.05, 4.69) is 15.6 Å². The first-order valence-corrected chi connectivity index (χ1v) is 11.7. The summed E-state index contributed by atoms with van der Waals surface area (Å²) in [7, 11) is -1.43. The first-order valence-electron chi connectivity index (χ1n) is 9.42. The second-order valence-corrected chi connectivity index (χ2v) is 9.16. The molecule has 29 heavy (non-hydrogen) atoms. The molecule has 2 aromatic carbocycles. The van der Waals surface area contributed by atoms with E-state index in [4.69, 9.17) is 16.3 Å². The third-order valence-corrected chi connectivity index (χ3v) is 5.65. The van der Waals surface area contributed by atoms with Crippen molar-refractivity contribution in [3.05, 3.63) is 58.6 Å². The summed E-state index contributed by atoms with van der Waals surface area (Å²) in [5, 5.41) is 7.21. The van der Waals surface area contributed by atoms with Crippen molar-refractivity contribution in [2.75, 3.05) is 33.0 Å². The number of nitrogens with zero attached hydrogens (tertiary/aromatic N) is 1. The number of hydrogen-bond donors (Lipinski definition) is 2. The highest BCUT2D eigenvalue weighted by molar-refractivity contribution is 7.90. The third-order valence-electron chi connectivity index (χ3n) is 4.29. The average molecular weight is 438 g/mol. The van der Waals surface area contributed by atoms with Crippen LogP contribution in [0.3, 0.4) is 0 Å². The molecule has 2 N–H and O–H groups in total. The largest absolute Gasteiger partial charge is 0.493 e. The van der Waals surface area contributed by atoms with E-state index in [9.17, 15) is 8.42 Å². The Morgan fingerprint density at radius 1 is 1.10 bits per heavy atom. The predicted molar refractivity (Wildman–Crippen MR) is 119 cm³/mol. The minimum atomic E-state index is -3.16. The fraction of sp³-hybridized carbons (Fsp3) is 0.381. The summed E-state index contributed by atoms with van der Waals surface area (Å²) in [6.45, 7) is 3.99. The van der Waals surface area contributed by atoms with Gasteiger partial charge in [-0.05, 0) is 61.2 Å². The maximum Gasteiger partial charge on any atom is 0.190 e. The number of rotatable bonds is 9. The highest BCUT2D eigenvalue weighted by Crippen LogP contribution is 2.21. The predicted octanol–water partition coefficient (Wildman–Crippen LogP) is 3.23. The van der Waals surface area contributed by atoms with Crippen molar-refractivity contribution >= 4 is 27.4 Å². The van der Waals surface area contributed by atoms with E-state index in [0.717, 1.165) is 42.2 Å². The Labute approximate surface area is 178 Å². The zero-order valence-corrected chi connectivity index (χ0v) is 18.6. The normalized spacial score (nSPS) is 11.9. The Hall–Kier alpha value is -2.25. The van der Waals surface area contributed by atoms with Crippen LogP contribution in [0.4, 0.5) is 0 Å². The molecule has 0 fully saturated rings. The van der Waals surface area contributed by atoms with Gasteiger partial charge in [0, 0.05) is 31.4 Å². The maximum absolute atomic E-state index is 11.5. The molecule has 0 radical (unpaired) electrons. The zero-order valence-electron chi connectivity index (χ0n) is 17.0. The summed E-state index contributed by atoms with van der Waals surface area (Å²) in [4.78, 5) is 4.54. The van der Waals surface area contributed by atoms with Crippen molar-refractivity contribution < 1.29 is 13.2 Å². The van der Waals surface area contributed by atoms with Crippen LogP contribution in [0.15, 0.2) is 52.4 Å². The van der Waals surface area contributed by atoms with Crippen LogP contribution in [-0.2, 0) is 16.3 Å². The van der Waals surface area contributed by atoms with Crippen LogP contribution in [0.2, 0.25) is 5.02 Å². The molecule has 0 heterocycles. The molecule has 0 bridgehead atoms. The van der Waals surface area contributed by atoms with Crippen molar-refractivity contribution in [1.29, 1.82) is 0 Å². The highest BCUT2D eigenvalue weighted by atomic mass is 35.5. The smallest absolute Gasteiger partial charge is 0.190 e. The molecule has 2 aromatic rings. The van der Waals surface area contributed by atoms with Gasteiger partial charge >= 0.3 is 0 Å². The van der Waals surface area contributed by atoms with Crippen molar-refractivity contribution in [3.63, 3.8) is 0 Å². The Bertz CT molecular complexity index is 929. The van der Waals surface area contributed by atoms with Gasteiger partial charge in [-0.3, -0.25) is 4.99 Å². The van der Waals surface area contributed by atoms with E-state index in [1.54, 1.807) is 19.2 Å². The van der Waals surface area contributed by atoms with Gasteiger partial charge in [0.25, 0.3) is 0 Å². The lowest BCUT2D eigenvalue weighted by molar-refractivity contribution is 0.309. The van der Waals surface area contributed by atoms with E-state index >= 15 is 0 Å². The first-order chi connectivity index (χ1) is 13.8. The van der Waals surface area contributed by atoms with Gasteiger partial charge < -0.3 is 15.4 Å². The zero-order chi connectivity index (χ0) is 21.3. The van der Waals surface area contributed by atoms with E-state index in [1.165, 1.54) is 6.26 Å². The Morgan fingerprint density at radius 3 is 2.41 bits per heavy atom. The number of guanidine groups is 1. The molecule has 0 atom stereocenters. The van der Waals surface area contributed by atoms with Gasteiger partial charge in [-0.15, -0.1) is 0 Å². The van der Waals surface area contributed by atoms with Gasteiger partial charge in [-0.25, -0.2) is 8.42 Å². The molecule has 0 aliphatic carbocycles. The molecular formula is C21H28ClN3O3S. The average Bonchev–Trinajstić information content (AvgIpc) is 2.67. The summed E-state index contributed by atoms with van der Waals surface area (Å²) < 4.78 is 28.8. The molecule has 0 unspecified atom stereocenters. The fourth-order valence-corrected chi connectivity index (χ4v) is 3.54. The second-order valence-electron chi connectivity index (χ2n) is 6.70. The topological polar surface area (TPSA) is 79.8 Å². The first kappa shape index (κ1) is 23.0. The standard InChI is InChI=1S/C21H28ClN3O3S/c1-16-15-18(22)7-10-20(16)28-14-4-12-24-21(23-2)25-13-11-17-5-8-19(9-6-17)29(3,26)27/h5-10,15H,4,11-14H2,1-3H3,(H2,23,24,25). The number of ether oxygens (including phenoxy) is 1. The molecule has 6 nitrogen and oxygen atoms in total. The van der Waals surface area contributed by atoms with Crippen LogP contribution in [0.25, 0.3) is 0 Å². The number of benzene rings is 2. The molecule has 0 amide bonds. The molecule has 0 aromatic heterocycles. The lowest BCUT2D eigenvalue weighted by atomic mass is 10.1. The quantitative estimate of drug-likeness (QED) is 0.357. The molecule has 0 saturated heterocycles. The maximum atomic E-state index is 11.5. The third kappa shape index (κ3) is 7.95. The van der Waals surface area contributed by atoms with Crippen LogP contribution in [0.5, 0.6) is 5.75 Å². The van der Waals surface area contributed by atoms with Crippen LogP contribution in [-0.4, -0.2) is 47.4 Å². The Balaban J connectivity index is 1.66. The van der Waals surface area contributed by atoms with E-state index in [-0.39, 0.29) is 0 Å². The molecule has 158 valence electrons. The van der Waals surface area contributed by atoms with Crippen molar-refractivity contribution in [2.24, 2.45) is 4.99 Å². The van der Waals surface area contributed by atoms with Crippen molar-refractivity contribution in [2.45, 2.75) is 24.7 Å². The molecule has 8 heteroatoms. The van der Waals surface area contributed by atoms with Crippen LogP contribution in [0, 0.1) is 6.92 Å². The van der Waals surface area contributed by atoms with Gasteiger partial charge in [-0.1, -0.05) is 23.7 Å². The van der Waals surface area contributed by atoms with E-state index in [0.29, 0.717) is 23.1 Å². The minimum absolute atomic E-state index is 0.336. The van der Waals surface area contributed by atoms with Crippen molar-refractivity contribution in [3.8, 4) is 5.75 Å². The summed E-state index contributed by atoms with van der Waals surface area (Å²) in [5.41, 5.74) is 2.08. The molecule has 0 saturated carbocycles. The van der Waals surface area contributed by atoms with E-state index < -0.39 is 9.84 Å². The van der Waals surface area contributed by atoms with E-state index in [1.807, 2.05) is 37.3 Å². The minimum Gasteiger partial charge on any atom is -0.493 e. The molecule has 2 rings (SSSR count). The van der Waals surface area contributed by atoms with Gasteiger partial charge in [0.05, 0.1) is 11.5 Å². The van der Waals surface area contributed by atoms with Crippen LogP contribution >= 0.6 is 11.6 Å². The Kier molecular flexibility index (Phi) is 8.79. The monoisotopic (exact) mass is 437 g/mol. The number of halogens is 1. The summed E-state index contributed by atoms with van der Waals surface area (Å²) >= 11 is 5.95. The van der Waals surface area contributed by atoms with Crippen molar-refractivity contribution in [1.82, 2.24) is 10.6 Å². The lowest BCUT2D eigenvalue weighted by Crippen LogP contribution is -2.39. The number of hydrogen-bond acceptors (Lipinski definition) is 4. The van der Waals surface area contributed by atoms with Gasteiger partial charge in [-0.2, -0.15) is 0 Å². The molecular weight excluding hydrogens is 410 g/mol. The van der Waals surface area contributed by atoms with Crippen LogP contribution in [0.1, 0.15) is 17.5 Å². The Morgan fingerprint density at radius 2 is 1.79 bits per heavy atom. The number of sulfone groups is 1. The molecule has 0 spiro atoms. The fourth-order valence-electron chi connectivity index (χ4n) is 2.69. The lowest BCUT2D eigenvalue weighted by Gasteiger charge is -2.13. The SMILES string of the molecule is CN=C(NCCCOc1ccc(Cl)cc1C)NCCc1ccc(S(C)(=O)=O)cc1. The number of nitrogens with one attached hydrogen (secondary N) is 2.